The zero-order valence-corrected chi connectivity index (χ0v) is 13.9. The molecule has 8 heteroatoms. The lowest BCUT2D eigenvalue weighted by molar-refractivity contribution is 0.236. The van der Waals surface area contributed by atoms with Crippen molar-refractivity contribution in [2.24, 2.45) is 0 Å². The lowest BCUT2D eigenvalue weighted by atomic mass is 10.2. The summed E-state index contributed by atoms with van der Waals surface area (Å²) in [5.74, 6) is 0.662. The SMILES string of the molecule is Cc1noc(N2CCN(CCn3nc4c(cc3=O)CCC4)CC2)n1. The van der Waals surface area contributed by atoms with Crippen LogP contribution >= 0.6 is 0 Å². The van der Waals surface area contributed by atoms with Crippen LogP contribution in [0.3, 0.4) is 0 Å². The van der Waals surface area contributed by atoms with Gasteiger partial charge in [-0.1, -0.05) is 5.16 Å². The molecule has 0 saturated carbocycles. The molecule has 1 fully saturated rings. The van der Waals surface area contributed by atoms with Crippen molar-refractivity contribution < 1.29 is 4.52 Å². The maximum atomic E-state index is 12.1. The normalized spacial score (nSPS) is 18.1. The van der Waals surface area contributed by atoms with Gasteiger partial charge in [-0.3, -0.25) is 9.69 Å². The summed E-state index contributed by atoms with van der Waals surface area (Å²) < 4.78 is 6.84. The molecule has 0 N–H and O–H groups in total. The molecule has 0 unspecified atom stereocenters. The largest absolute Gasteiger partial charge is 0.324 e. The molecule has 1 aliphatic heterocycles. The standard InChI is InChI=1S/C16H22N6O2/c1-12-17-16(24-19-12)21-8-5-20(6-9-21)7-10-22-15(23)11-13-3-2-4-14(13)18-22/h11H,2-10H2,1H3. The van der Waals surface area contributed by atoms with E-state index in [4.69, 9.17) is 4.52 Å². The summed E-state index contributed by atoms with van der Waals surface area (Å²) >= 11 is 0. The summed E-state index contributed by atoms with van der Waals surface area (Å²) in [4.78, 5) is 20.9. The van der Waals surface area contributed by atoms with Crippen molar-refractivity contribution in [1.82, 2.24) is 24.8 Å². The van der Waals surface area contributed by atoms with E-state index >= 15 is 0 Å². The monoisotopic (exact) mass is 330 g/mol. The highest BCUT2D eigenvalue weighted by molar-refractivity contribution is 5.25. The molecule has 0 spiro atoms. The first kappa shape index (κ1) is 15.3. The lowest BCUT2D eigenvalue weighted by Crippen LogP contribution is -2.47. The Morgan fingerprint density at radius 1 is 1.17 bits per heavy atom. The number of hydrogen-bond donors (Lipinski definition) is 0. The smallest absolute Gasteiger partial charge is 0.322 e. The van der Waals surface area contributed by atoms with E-state index in [1.54, 1.807) is 10.7 Å². The van der Waals surface area contributed by atoms with E-state index in [9.17, 15) is 4.79 Å². The molecule has 0 bridgehead atoms. The number of aromatic nitrogens is 4. The van der Waals surface area contributed by atoms with Gasteiger partial charge in [-0.05, 0) is 31.7 Å². The molecule has 8 nitrogen and oxygen atoms in total. The molecule has 0 aromatic carbocycles. The molecular weight excluding hydrogens is 308 g/mol. The van der Waals surface area contributed by atoms with Gasteiger partial charge in [0.25, 0.3) is 5.56 Å². The predicted octanol–water partition coefficient (Wildman–Crippen LogP) is 0.246. The minimum absolute atomic E-state index is 0.0237. The Bertz CT molecular complexity index is 775. The van der Waals surface area contributed by atoms with Gasteiger partial charge in [0.15, 0.2) is 5.82 Å². The zero-order chi connectivity index (χ0) is 16.5. The van der Waals surface area contributed by atoms with Crippen LogP contribution in [0, 0.1) is 6.92 Å². The summed E-state index contributed by atoms with van der Waals surface area (Å²) in [6.07, 6.45) is 3.11. The van der Waals surface area contributed by atoms with Crippen molar-refractivity contribution in [3.63, 3.8) is 0 Å². The third-order valence-corrected chi connectivity index (χ3v) is 4.81. The summed E-state index contributed by atoms with van der Waals surface area (Å²) in [5, 5.41) is 8.37. The second-order valence-electron chi connectivity index (χ2n) is 6.48. The highest BCUT2D eigenvalue weighted by atomic mass is 16.5. The number of fused-ring (bicyclic) bond motifs is 1. The topological polar surface area (TPSA) is 80.3 Å². The Morgan fingerprint density at radius 3 is 2.75 bits per heavy atom. The van der Waals surface area contributed by atoms with E-state index in [2.05, 4.69) is 25.0 Å². The van der Waals surface area contributed by atoms with Gasteiger partial charge >= 0.3 is 6.01 Å². The molecule has 1 aliphatic carbocycles. The summed E-state index contributed by atoms with van der Waals surface area (Å²) in [5.41, 5.74) is 2.27. The summed E-state index contributed by atoms with van der Waals surface area (Å²) in [6, 6.07) is 2.37. The fourth-order valence-corrected chi connectivity index (χ4v) is 3.41. The van der Waals surface area contributed by atoms with Crippen LogP contribution in [0.15, 0.2) is 15.4 Å². The quantitative estimate of drug-likeness (QED) is 0.794. The number of rotatable bonds is 4. The summed E-state index contributed by atoms with van der Waals surface area (Å²) in [6.45, 7) is 6.85. The van der Waals surface area contributed by atoms with Crippen LogP contribution in [0.25, 0.3) is 0 Å². The minimum Gasteiger partial charge on any atom is -0.322 e. The Kier molecular flexibility index (Phi) is 4.05. The molecule has 3 heterocycles. The summed E-state index contributed by atoms with van der Waals surface area (Å²) in [7, 11) is 0. The Morgan fingerprint density at radius 2 is 2.00 bits per heavy atom. The van der Waals surface area contributed by atoms with Crippen LogP contribution < -0.4 is 10.5 Å². The van der Waals surface area contributed by atoms with Gasteiger partial charge in [0, 0.05) is 38.8 Å². The first-order valence-corrected chi connectivity index (χ1v) is 8.56. The van der Waals surface area contributed by atoms with Crippen molar-refractivity contribution in [3.05, 3.63) is 33.5 Å². The molecule has 1 saturated heterocycles. The van der Waals surface area contributed by atoms with Gasteiger partial charge in [0.05, 0.1) is 12.2 Å². The van der Waals surface area contributed by atoms with E-state index in [0.29, 0.717) is 18.4 Å². The molecule has 2 aliphatic rings. The Labute approximate surface area is 140 Å². The van der Waals surface area contributed by atoms with E-state index < -0.39 is 0 Å². The molecule has 0 radical (unpaired) electrons. The van der Waals surface area contributed by atoms with Crippen LogP contribution in [0.2, 0.25) is 0 Å². The first-order valence-electron chi connectivity index (χ1n) is 8.56. The second kappa shape index (κ2) is 6.35. The average Bonchev–Trinajstić information content (AvgIpc) is 3.21. The fraction of sp³-hybridized carbons (Fsp3) is 0.625. The third kappa shape index (κ3) is 3.06. The van der Waals surface area contributed by atoms with Gasteiger partial charge in [-0.2, -0.15) is 10.1 Å². The highest BCUT2D eigenvalue weighted by Crippen LogP contribution is 2.17. The maximum Gasteiger partial charge on any atom is 0.324 e. The van der Waals surface area contributed by atoms with Crippen molar-refractivity contribution in [1.29, 1.82) is 0 Å². The molecular formula is C16H22N6O2. The van der Waals surface area contributed by atoms with E-state index in [-0.39, 0.29) is 5.56 Å². The van der Waals surface area contributed by atoms with E-state index in [1.165, 1.54) is 0 Å². The molecule has 128 valence electrons. The van der Waals surface area contributed by atoms with Gasteiger partial charge in [0.1, 0.15) is 0 Å². The van der Waals surface area contributed by atoms with Crippen LogP contribution in [0.1, 0.15) is 23.5 Å². The van der Waals surface area contributed by atoms with Gasteiger partial charge in [0.2, 0.25) is 0 Å². The number of piperazine rings is 1. The number of hydrogen-bond acceptors (Lipinski definition) is 7. The Hall–Kier alpha value is -2.22. The molecule has 2 aromatic rings. The van der Waals surface area contributed by atoms with Gasteiger partial charge in [-0.15, -0.1) is 0 Å². The molecule has 4 rings (SSSR count). The van der Waals surface area contributed by atoms with Crippen molar-refractivity contribution >= 4 is 6.01 Å². The fourth-order valence-electron chi connectivity index (χ4n) is 3.41. The highest BCUT2D eigenvalue weighted by Gasteiger charge is 2.21. The maximum absolute atomic E-state index is 12.1. The van der Waals surface area contributed by atoms with Crippen molar-refractivity contribution in [3.8, 4) is 0 Å². The number of aryl methyl sites for hydroxylation is 3. The van der Waals surface area contributed by atoms with Gasteiger partial charge in [-0.25, -0.2) is 4.68 Å². The molecule has 2 aromatic heterocycles. The van der Waals surface area contributed by atoms with Crippen LogP contribution in [-0.4, -0.2) is 57.5 Å². The number of nitrogens with zero attached hydrogens (tertiary/aromatic N) is 6. The molecule has 0 atom stereocenters. The van der Waals surface area contributed by atoms with Crippen LogP contribution in [0.5, 0.6) is 0 Å². The predicted molar refractivity (Wildman–Crippen MR) is 88.2 cm³/mol. The lowest BCUT2D eigenvalue weighted by Gasteiger charge is -2.33. The second-order valence-corrected chi connectivity index (χ2v) is 6.48. The van der Waals surface area contributed by atoms with Crippen molar-refractivity contribution in [2.45, 2.75) is 32.7 Å². The van der Waals surface area contributed by atoms with Gasteiger partial charge < -0.3 is 9.42 Å². The Balaban J connectivity index is 1.32. The van der Waals surface area contributed by atoms with Crippen LogP contribution in [0.4, 0.5) is 6.01 Å². The van der Waals surface area contributed by atoms with E-state index in [0.717, 1.165) is 63.2 Å². The third-order valence-electron chi connectivity index (χ3n) is 4.81. The number of anilines is 1. The molecule has 0 amide bonds. The average molecular weight is 330 g/mol. The zero-order valence-electron chi connectivity index (χ0n) is 13.9. The van der Waals surface area contributed by atoms with Crippen molar-refractivity contribution in [2.75, 3.05) is 37.6 Å². The first-order chi connectivity index (χ1) is 11.7. The molecule has 24 heavy (non-hydrogen) atoms. The van der Waals surface area contributed by atoms with Crippen LogP contribution in [-0.2, 0) is 19.4 Å². The van der Waals surface area contributed by atoms with E-state index in [1.807, 2.05) is 6.92 Å². The minimum atomic E-state index is 0.0237.